The lowest BCUT2D eigenvalue weighted by atomic mass is 10.1. The Bertz CT molecular complexity index is 387. The van der Waals surface area contributed by atoms with Gasteiger partial charge in [0, 0.05) is 44.5 Å². The molecule has 18 heavy (non-hydrogen) atoms. The topological polar surface area (TPSA) is 46.9 Å². The Kier molecular flexibility index (Phi) is 4.44. The fourth-order valence-corrected chi connectivity index (χ4v) is 2.42. The first-order valence-electron chi connectivity index (χ1n) is 6.64. The maximum Gasteiger partial charge on any atom is 0.120 e. The third-order valence-electron chi connectivity index (χ3n) is 3.60. The van der Waals surface area contributed by atoms with E-state index < -0.39 is 0 Å². The van der Waals surface area contributed by atoms with Crippen LogP contribution in [0.4, 0.5) is 5.69 Å². The number of aryl methyl sites for hydroxylation is 1. The predicted molar refractivity (Wildman–Crippen MR) is 73.2 cm³/mol. The molecule has 0 radical (unpaired) electrons. The number of phenols is 1. The van der Waals surface area contributed by atoms with Crippen molar-refractivity contribution >= 4 is 5.69 Å². The number of rotatable bonds is 4. The van der Waals surface area contributed by atoms with Gasteiger partial charge in [-0.2, -0.15) is 0 Å². The van der Waals surface area contributed by atoms with Crippen LogP contribution < -0.4 is 4.90 Å². The Morgan fingerprint density at radius 2 is 1.89 bits per heavy atom. The highest BCUT2D eigenvalue weighted by Crippen LogP contribution is 2.25. The largest absolute Gasteiger partial charge is 0.508 e. The zero-order chi connectivity index (χ0) is 13.0. The lowest BCUT2D eigenvalue weighted by Crippen LogP contribution is -2.47. The van der Waals surface area contributed by atoms with Crippen LogP contribution in [0, 0.1) is 0 Å². The minimum Gasteiger partial charge on any atom is -0.508 e. The first-order valence-corrected chi connectivity index (χ1v) is 6.64. The predicted octanol–water partition coefficient (Wildman–Crippen LogP) is 1.07. The molecule has 1 aromatic carbocycles. The Hall–Kier alpha value is -1.26. The number of nitrogens with zero attached hydrogens (tertiary/aromatic N) is 2. The third-order valence-corrected chi connectivity index (χ3v) is 3.60. The van der Waals surface area contributed by atoms with E-state index in [0.717, 1.165) is 50.4 Å². The summed E-state index contributed by atoms with van der Waals surface area (Å²) in [5, 5.41) is 18.8. The van der Waals surface area contributed by atoms with E-state index in [2.05, 4.69) is 15.9 Å². The molecule has 0 spiro atoms. The minimum atomic E-state index is 0.228. The first-order chi connectivity index (χ1) is 8.74. The van der Waals surface area contributed by atoms with Crippen LogP contribution in [0.15, 0.2) is 18.2 Å². The second-order valence-corrected chi connectivity index (χ2v) is 4.72. The summed E-state index contributed by atoms with van der Waals surface area (Å²) in [4.78, 5) is 4.55. The maximum atomic E-state index is 9.89. The van der Waals surface area contributed by atoms with E-state index in [1.54, 1.807) is 0 Å². The van der Waals surface area contributed by atoms with Crippen LogP contribution in [0.5, 0.6) is 5.75 Å². The van der Waals surface area contributed by atoms with Gasteiger partial charge in [-0.05, 0) is 18.1 Å². The van der Waals surface area contributed by atoms with E-state index in [0.29, 0.717) is 5.75 Å². The van der Waals surface area contributed by atoms with Gasteiger partial charge in [0.15, 0.2) is 0 Å². The number of aliphatic hydroxyl groups excluding tert-OH is 1. The fourth-order valence-electron chi connectivity index (χ4n) is 2.42. The minimum absolute atomic E-state index is 0.228. The highest BCUT2D eigenvalue weighted by Gasteiger charge is 2.17. The summed E-state index contributed by atoms with van der Waals surface area (Å²) in [5.41, 5.74) is 2.09. The second-order valence-electron chi connectivity index (χ2n) is 4.72. The monoisotopic (exact) mass is 250 g/mol. The second kappa shape index (κ2) is 6.07. The van der Waals surface area contributed by atoms with Crippen LogP contribution >= 0.6 is 0 Å². The van der Waals surface area contributed by atoms with Crippen molar-refractivity contribution in [2.24, 2.45) is 0 Å². The highest BCUT2D eigenvalue weighted by atomic mass is 16.3. The van der Waals surface area contributed by atoms with Gasteiger partial charge in [-0.25, -0.2) is 0 Å². The third kappa shape index (κ3) is 2.94. The fraction of sp³-hybridized carbons (Fsp3) is 0.571. The standard InChI is InChI=1S/C14H22N2O2/c1-2-12-3-4-13(11-14(12)18)16-7-5-15(6-8-16)9-10-17/h3-4,11,17-18H,2,5-10H2,1H3. The van der Waals surface area contributed by atoms with Gasteiger partial charge in [0.05, 0.1) is 6.61 Å². The summed E-state index contributed by atoms with van der Waals surface area (Å²) < 4.78 is 0. The summed E-state index contributed by atoms with van der Waals surface area (Å²) in [6.07, 6.45) is 0.858. The average Bonchev–Trinajstić information content (AvgIpc) is 2.40. The number of aliphatic hydroxyl groups is 1. The summed E-state index contributed by atoms with van der Waals surface area (Å²) in [6.45, 7) is 6.87. The number of phenolic OH excluding ortho intramolecular Hbond substituents is 1. The molecule has 1 aliphatic rings. The molecule has 1 fully saturated rings. The molecule has 1 aromatic rings. The SMILES string of the molecule is CCc1ccc(N2CCN(CCO)CC2)cc1O. The van der Waals surface area contributed by atoms with Gasteiger partial charge in [0.1, 0.15) is 5.75 Å². The van der Waals surface area contributed by atoms with Gasteiger partial charge in [-0.15, -0.1) is 0 Å². The smallest absolute Gasteiger partial charge is 0.120 e. The van der Waals surface area contributed by atoms with Crippen molar-refractivity contribution in [1.29, 1.82) is 0 Å². The van der Waals surface area contributed by atoms with Gasteiger partial charge in [0.25, 0.3) is 0 Å². The summed E-state index contributed by atoms with van der Waals surface area (Å²) in [5.74, 6) is 0.396. The molecule has 1 heterocycles. The molecule has 0 unspecified atom stereocenters. The van der Waals surface area contributed by atoms with E-state index >= 15 is 0 Å². The Labute approximate surface area is 108 Å². The molecular weight excluding hydrogens is 228 g/mol. The van der Waals surface area contributed by atoms with Crippen LogP contribution in [0.25, 0.3) is 0 Å². The normalized spacial score (nSPS) is 17.1. The molecule has 0 bridgehead atoms. The zero-order valence-corrected chi connectivity index (χ0v) is 11.0. The number of aromatic hydroxyl groups is 1. The van der Waals surface area contributed by atoms with Crippen molar-refractivity contribution in [3.8, 4) is 5.75 Å². The van der Waals surface area contributed by atoms with Crippen LogP contribution in [-0.2, 0) is 6.42 Å². The van der Waals surface area contributed by atoms with E-state index in [1.165, 1.54) is 0 Å². The molecule has 0 amide bonds. The van der Waals surface area contributed by atoms with E-state index in [9.17, 15) is 5.11 Å². The van der Waals surface area contributed by atoms with Gasteiger partial charge < -0.3 is 15.1 Å². The van der Waals surface area contributed by atoms with Crippen molar-refractivity contribution in [1.82, 2.24) is 4.90 Å². The quantitative estimate of drug-likeness (QED) is 0.839. The molecule has 0 saturated carbocycles. The van der Waals surface area contributed by atoms with Crippen LogP contribution in [0.3, 0.4) is 0 Å². The molecule has 4 heteroatoms. The molecular formula is C14H22N2O2. The van der Waals surface area contributed by atoms with Gasteiger partial charge in [0.2, 0.25) is 0 Å². The van der Waals surface area contributed by atoms with Gasteiger partial charge in [-0.1, -0.05) is 13.0 Å². The van der Waals surface area contributed by atoms with Gasteiger partial charge in [-0.3, -0.25) is 4.90 Å². The van der Waals surface area contributed by atoms with Crippen molar-refractivity contribution in [3.05, 3.63) is 23.8 Å². The van der Waals surface area contributed by atoms with Crippen molar-refractivity contribution in [3.63, 3.8) is 0 Å². The van der Waals surface area contributed by atoms with Crippen LogP contribution in [0.1, 0.15) is 12.5 Å². The molecule has 1 saturated heterocycles. The number of anilines is 1. The molecule has 0 aliphatic carbocycles. The number of hydrogen-bond donors (Lipinski definition) is 2. The van der Waals surface area contributed by atoms with E-state index in [4.69, 9.17) is 5.11 Å². The van der Waals surface area contributed by atoms with Crippen molar-refractivity contribution < 1.29 is 10.2 Å². The number of β-amino-alcohol motifs (C(OH)–C–C–N with tert-alkyl or cyclic N) is 1. The zero-order valence-electron chi connectivity index (χ0n) is 11.0. The molecule has 4 nitrogen and oxygen atoms in total. The highest BCUT2D eigenvalue weighted by molar-refractivity contribution is 5.53. The first kappa shape index (κ1) is 13.2. The maximum absolute atomic E-state index is 9.89. The summed E-state index contributed by atoms with van der Waals surface area (Å²) in [7, 11) is 0. The van der Waals surface area contributed by atoms with Gasteiger partial charge >= 0.3 is 0 Å². The number of hydrogen-bond acceptors (Lipinski definition) is 4. The Balaban J connectivity index is 1.99. The Morgan fingerprint density at radius 3 is 2.44 bits per heavy atom. The van der Waals surface area contributed by atoms with E-state index in [-0.39, 0.29) is 6.61 Å². The Morgan fingerprint density at radius 1 is 1.17 bits per heavy atom. The summed E-state index contributed by atoms with van der Waals surface area (Å²) >= 11 is 0. The van der Waals surface area contributed by atoms with Crippen molar-refractivity contribution in [2.45, 2.75) is 13.3 Å². The summed E-state index contributed by atoms with van der Waals surface area (Å²) in [6, 6.07) is 5.95. The molecule has 2 N–H and O–H groups in total. The lowest BCUT2D eigenvalue weighted by Gasteiger charge is -2.35. The molecule has 0 atom stereocenters. The van der Waals surface area contributed by atoms with Crippen LogP contribution in [0.2, 0.25) is 0 Å². The average molecular weight is 250 g/mol. The number of piperazine rings is 1. The molecule has 1 aliphatic heterocycles. The van der Waals surface area contributed by atoms with Crippen LogP contribution in [-0.4, -0.2) is 54.4 Å². The lowest BCUT2D eigenvalue weighted by molar-refractivity contribution is 0.189. The molecule has 0 aromatic heterocycles. The van der Waals surface area contributed by atoms with E-state index in [1.807, 2.05) is 19.1 Å². The molecule has 2 rings (SSSR count). The molecule has 100 valence electrons. The number of benzene rings is 1. The van der Waals surface area contributed by atoms with Crippen molar-refractivity contribution in [2.75, 3.05) is 44.2 Å².